The number of H-pyrrole nitrogens is 1. The van der Waals surface area contributed by atoms with Crippen molar-refractivity contribution in [3.63, 3.8) is 0 Å². The largest absolute Gasteiger partial charge is 0.396 e. The van der Waals surface area contributed by atoms with Crippen LogP contribution in [0.4, 0.5) is 0 Å². The monoisotopic (exact) mass is 296 g/mol. The zero-order valence-corrected chi connectivity index (χ0v) is 13.2. The van der Waals surface area contributed by atoms with Crippen LogP contribution in [0.15, 0.2) is 17.2 Å². The highest BCUT2D eigenvalue weighted by Crippen LogP contribution is 2.14. The third kappa shape index (κ3) is 4.69. The molecule has 2 N–H and O–H groups in total. The van der Waals surface area contributed by atoms with Crippen molar-refractivity contribution in [3.8, 4) is 0 Å². The van der Waals surface area contributed by atoms with E-state index in [2.05, 4.69) is 28.6 Å². The highest BCUT2D eigenvalue weighted by atomic mass is 16.3. The molecule has 0 spiro atoms. The van der Waals surface area contributed by atoms with Crippen molar-refractivity contribution >= 4 is 0 Å². The predicted octanol–water partition coefficient (Wildman–Crippen LogP) is 0.201. The summed E-state index contributed by atoms with van der Waals surface area (Å²) in [5, 5.41) is 9.28. The Balaban J connectivity index is 1.86. The molecule has 0 bridgehead atoms. The van der Waals surface area contributed by atoms with Gasteiger partial charge in [0.25, 0.3) is 0 Å². The number of aromatic nitrogens is 2. The second-order valence-electron chi connectivity index (χ2n) is 6.31. The molecule has 0 aromatic carbocycles. The Kier molecular flexibility index (Phi) is 6.02. The van der Waals surface area contributed by atoms with Crippen molar-refractivity contribution in [2.75, 3.05) is 39.3 Å². The average Bonchev–Trinajstić information content (AvgIpc) is 2.84. The van der Waals surface area contributed by atoms with Gasteiger partial charge in [0.05, 0.1) is 0 Å². The first-order valence-corrected chi connectivity index (χ1v) is 7.91. The van der Waals surface area contributed by atoms with Gasteiger partial charge in [-0.25, -0.2) is 4.79 Å². The van der Waals surface area contributed by atoms with Gasteiger partial charge in [-0.2, -0.15) is 0 Å². The maximum absolute atomic E-state index is 11.5. The van der Waals surface area contributed by atoms with E-state index >= 15 is 0 Å². The van der Waals surface area contributed by atoms with Crippen LogP contribution in [0.25, 0.3) is 0 Å². The van der Waals surface area contributed by atoms with Gasteiger partial charge in [-0.15, -0.1) is 0 Å². The molecule has 0 unspecified atom stereocenters. The number of piperazine rings is 1. The molecule has 0 amide bonds. The second-order valence-corrected chi connectivity index (χ2v) is 6.31. The van der Waals surface area contributed by atoms with E-state index in [1.54, 1.807) is 17.0 Å². The Morgan fingerprint density at radius 3 is 2.81 bits per heavy atom. The fraction of sp³-hybridized carbons (Fsp3) is 0.800. The molecule has 6 heteroatoms. The van der Waals surface area contributed by atoms with Crippen molar-refractivity contribution in [2.45, 2.75) is 32.9 Å². The minimum Gasteiger partial charge on any atom is -0.396 e. The molecule has 1 saturated heterocycles. The molecule has 0 radical (unpaired) electrons. The van der Waals surface area contributed by atoms with Crippen molar-refractivity contribution < 1.29 is 5.11 Å². The molecule has 2 rings (SSSR count). The minimum atomic E-state index is -0.0413. The molecule has 0 saturated carbocycles. The maximum atomic E-state index is 11.5. The van der Waals surface area contributed by atoms with Crippen LogP contribution < -0.4 is 5.69 Å². The lowest BCUT2D eigenvalue weighted by Crippen LogP contribution is -2.54. The number of hydrogen-bond acceptors (Lipinski definition) is 4. The SMILES string of the molecule is CC(C)CN1CCN(CCn2cc[nH]c2=O)C[C@H]1CCO. The third-order valence-electron chi connectivity index (χ3n) is 4.13. The normalized spacial score (nSPS) is 21.2. The molecule has 6 nitrogen and oxygen atoms in total. The highest BCUT2D eigenvalue weighted by Gasteiger charge is 2.26. The van der Waals surface area contributed by atoms with Crippen LogP contribution in [0, 0.1) is 5.92 Å². The molecule has 1 fully saturated rings. The van der Waals surface area contributed by atoms with Gasteiger partial charge in [0.15, 0.2) is 0 Å². The lowest BCUT2D eigenvalue weighted by molar-refractivity contribution is 0.0497. The quantitative estimate of drug-likeness (QED) is 0.754. The van der Waals surface area contributed by atoms with E-state index in [9.17, 15) is 9.90 Å². The maximum Gasteiger partial charge on any atom is 0.325 e. The number of nitrogens with one attached hydrogen (secondary N) is 1. The van der Waals surface area contributed by atoms with Crippen molar-refractivity contribution in [3.05, 3.63) is 22.9 Å². The molecular weight excluding hydrogens is 268 g/mol. The van der Waals surface area contributed by atoms with Gasteiger partial charge in [-0.3, -0.25) is 14.4 Å². The Morgan fingerprint density at radius 1 is 1.38 bits per heavy atom. The molecule has 1 aromatic rings. The summed E-state index contributed by atoms with van der Waals surface area (Å²) < 4.78 is 1.71. The summed E-state index contributed by atoms with van der Waals surface area (Å²) in [5.41, 5.74) is -0.0413. The fourth-order valence-corrected chi connectivity index (χ4v) is 3.07. The molecular formula is C15H28N4O2. The number of aliphatic hydroxyl groups excluding tert-OH is 1. The topological polar surface area (TPSA) is 64.5 Å². The highest BCUT2D eigenvalue weighted by molar-refractivity contribution is 4.83. The van der Waals surface area contributed by atoms with Crippen LogP contribution in [-0.2, 0) is 6.54 Å². The third-order valence-corrected chi connectivity index (χ3v) is 4.13. The predicted molar refractivity (Wildman–Crippen MR) is 83.4 cm³/mol. The molecule has 2 heterocycles. The lowest BCUT2D eigenvalue weighted by atomic mass is 10.1. The smallest absolute Gasteiger partial charge is 0.325 e. The van der Waals surface area contributed by atoms with Crippen LogP contribution in [-0.4, -0.2) is 69.8 Å². The number of nitrogens with zero attached hydrogens (tertiary/aromatic N) is 3. The number of imidazole rings is 1. The zero-order valence-electron chi connectivity index (χ0n) is 13.2. The molecule has 1 atom stereocenters. The van der Waals surface area contributed by atoms with E-state index < -0.39 is 0 Å². The van der Waals surface area contributed by atoms with E-state index in [1.807, 2.05) is 0 Å². The summed E-state index contributed by atoms with van der Waals surface area (Å²) >= 11 is 0. The van der Waals surface area contributed by atoms with Gasteiger partial charge in [0.2, 0.25) is 0 Å². The number of aromatic amines is 1. The Labute approximate surface area is 126 Å². The Bertz CT molecular complexity index is 468. The summed E-state index contributed by atoms with van der Waals surface area (Å²) in [5.74, 6) is 0.649. The number of rotatable bonds is 7. The first-order chi connectivity index (χ1) is 10.1. The van der Waals surface area contributed by atoms with Crippen molar-refractivity contribution in [2.24, 2.45) is 5.92 Å². The summed E-state index contributed by atoms with van der Waals surface area (Å²) in [6, 6.07) is 0.425. The molecule has 1 aromatic heterocycles. The first kappa shape index (κ1) is 16.3. The molecule has 1 aliphatic heterocycles. The fourth-order valence-electron chi connectivity index (χ4n) is 3.07. The van der Waals surface area contributed by atoms with Crippen molar-refractivity contribution in [1.29, 1.82) is 0 Å². The Hall–Kier alpha value is -1.11. The first-order valence-electron chi connectivity index (χ1n) is 7.91. The van der Waals surface area contributed by atoms with Crippen LogP contribution in [0.5, 0.6) is 0 Å². The van der Waals surface area contributed by atoms with E-state index in [0.717, 1.165) is 45.7 Å². The van der Waals surface area contributed by atoms with Crippen LogP contribution in [0.3, 0.4) is 0 Å². The van der Waals surface area contributed by atoms with E-state index in [1.165, 1.54) is 0 Å². The minimum absolute atomic E-state index is 0.0413. The van der Waals surface area contributed by atoms with Crippen LogP contribution in [0.1, 0.15) is 20.3 Å². The van der Waals surface area contributed by atoms with Crippen LogP contribution >= 0.6 is 0 Å². The number of hydrogen-bond donors (Lipinski definition) is 2. The molecule has 21 heavy (non-hydrogen) atoms. The van der Waals surface area contributed by atoms with E-state index in [4.69, 9.17) is 0 Å². The van der Waals surface area contributed by atoms with Gasteiger partial charge in [0.1, 0.15) is 0 Å². The van der Waals surface area contributed by atoms with Gasteiger partial charge in [-0.1, -0.05) is 13.8 Å². The Morgan fingerprint density at radius 2 is 2.19 bits per heavy atom. The van der Waals surface area contributed by atoms with Gasteiger partial charge in [0, 0.05) is 64.3 Å². The summed E-state index contributed by atoms with van der Waals surface area (Å²) in [7, 11) is 0. The summed E-state index contributed by atoms with van der Waals surface area (Å²) in [4.78, 5) is 19.0. The van der Waals surface area contributed by atoms with Gasteiger partial charge in [-0.05, 0) is 12.3 Å². The number of aliphatic hydroxyl groups is 1. The van der Waals surface area contributed by atoms with Gasteiger partial charge >= 0.3 is 5.69 Å². The molecule has 1 aliphatic rings. The lowest BCUT2D eigenvalue weighted by Gasteiger charge is -2.42. The summed E-state index contributed by atoms with van der Waals surface area (Å²) in [6.45, 7) is 10.5. The zero-order chi connectivity index (χ0) is 15.2. The van der Waals surface area contributed by atoms with E-state index in [-0.39, 0.29) is 12.3 Å². The second kappa shape index (κ2) is 7.77. The molecule has 0 aliphatic carbocycles. The van der Waals surface area contributed by atoms with Crippen LogP contribution in [0.2, 0.25) is 0 Å². The summed E-state index contributed by atoms with van der Waals surface area (Å²) in [6.07, 6.45) is 4.30. The van der Waals surface area contributed by atoms with Crippen molar-refractivity contribution in [1.82, 2.24) is 19.4 Å². The molecule has 120 valence electrons. The van der Waals surface area contributed by atoms with Gasteiger partial charge < -0.3 is 10.1 Å². The standard InChI is InChI=1S/C15H28N4O2/c1-13(2)11-19-9-7-17(12-14(19)3-10-20)6-8-18-5-4-16-15(18)21/h4-5,13-14,20H,3,6-12H2,1-2H3,(H,16,21)/t14-/m1/s1. The van der Waals surface area contributed by atoms with E-state index in [0.29, 0.717) is 12.0 Å². The average molecular weight is 296 g/mol.